The fraction of sp³-hybridized carbons (Fsp3) is 0.500. The lowest BCUT2D eigenvalue weighted by molar-refractivity contribution is 0.241. The highest BCUT2D eigenvalue weighted by Gasteiger charge is 2.21. The quantitative estimate of drug-likeness (QED) is 0.459. The normalized spacial score (nSPS) is 11.9. The second kappa shape index (κ2) is 8.61. The Kier molecular flexibility index (Phi) is 6.96. The number of halogens is 1. The van der Waals surface area contributed by atoms with Gasteiger partial charge in [0.1, 0.15) is 5.75 Å². The number of hydrogen-bond acceptors (Lipinski definition) is 1. The molecule has 0 aliphatic heterocycles. The van der Waals surface area contributed by atoms with Gasteiger partial charge in [0.2, 0.25) is 0 Å². The molecule has 1 nitrogen and oxygen atoms in total. The van der Waals surface area contributed by atoms with Gasteiger partial charge in [-0.05, 0) is 75.9 Å². The van der Waals surface area contributed by atoms with Gasteiger partial charge in [-0.2, -0.15) is 0 Å². The number of benzene rings is 2. The molecule has 0 aliphatic rings. The monoisotopic (exact) mass is 416 g/mol. The van der Waals surface area contributed by atoms with E-state index in [-0.39, 0.29) is 6.10 Å². The molecule has 0 fully saturated rings. The van der Waals surface area contributed by atoms with Crippen LogP contribution in [0.3, 0.4) is 0 Å². The second-order valence-electron chi connectivity index (χ2n) is 8.32. The molecule has 0 N–H and O–H groups in total. The molecule has 0 bridgehead atoms. The average Bonchev–Trinajstić information content (AvgIpc) is 2.55. The Morgan fingerprint density at radius 3 is 1.73 bits per heavy atom. The van der Waals surface area contributed by atoms with Crippen molar-refractivity contribution in [3.63, 3.8) is 0 Å². The SMILES string of the molecule is CC(C)Oc1cccc(-c2c(C(C)C)cc(C(C)C)cc2C(C)C)c1Br. The molecule has 0 amide bonds. The van der Waals surface area contributed by atoms with Crippen LogP contribution in [0.25, 0.3) is 11.1 Å². The van der Waals surface area contributed by atoms with E-state index in [4.69, 9.17) is 4.74 Å². The second-order valence-corrected chi connectivity index (χ2v) is 9.12. The molecule has 2 rings (SSSR count). The number of hydrogen-bond donors (Lipinski definition) is 0. The Balaban J connectivity index is 2.80. The van der Waals surface area contributed by atoms with Crippen LogP contribution in [0.15, 0.2) is 34.8 Å². The van der Waals surface area contributed by atoms with Gasteiger partial charge in [-0.15, -0.1) is 0 Å². The lowest BCUT2D eigenvalue weighted by Crippen LogP contribution is -2.07. The fourth-order valence-electron chi connectivity index (χ4n) is 3.32. The van der Waals surface area contributed by atoms with Crippen LogP contribution in [0.4, 0.5) is 0 Å². The van der Waals surface area contributed by atoms with Gasteiger partial charge < -0.3 is 4.74 Å². The van der Waals surface area contributed by atoms with Crippen molar-refractivity contribution in [3.05, 3.63) is 51.5 Å². The summed E-state index contributed by atoms with van der Waals surface area (Å²) in [6.07, 6.45) is 0.152. The summed E-state index contributed by atoms with van der Waals surface area (Å²) in [6.45, 7) is 17.8. The van der Waals surface area contributed by atoms with Gasteiger partial charge in [-0.25, -0.2) is 0 Å². The lowest BCUT2D eigenvalue weighted by Gasteiger charge is -2.24. The Morgan fingerprint density at radius 2 is 1.31 bits per heavy atom. The van der Waals surface area contributed by atoms with Crippen molar-refractivity contribution in [1.29, 1.82) is 0 Å². The van der Waals surface area contributed by atoms with Crippen LogP contribution in [0, 0.1) is 0 Å². The molecule has 0 aromatic heterocycles. The summed E-state index contributed by atoms with van der Waals surface area (Å²) in [7, 11) is 0. The van der Waals surface area contributed by atoms with E-state index >= 15 is 0 Å². The minimum atomic E-state index is 0.152. The third-order valence-electron chi connectivity index (χ3n) is 4.73. The minimum absolute atomic E-state index is 0.152. The third-order valence-corrected chi connectivity index (χ3v) is 5.55. The molecule has 26 heavy (non-hydrogen) atoms. The highest BCUT2D eigenvalue weighted by molar-refractivity contribution is 9.10. The van der Waals surface area contributed by atoms with Crippen LogP contribution in [0.2, 0.25) is 0 Å². The first-order chi connectivity index (χ1) is 12.1. The molecular formula is C24H33BrO. The molecule has 0 aliphatic carbocycles. The van der Waals surface area contributed by atoms with Gasteiger partial charge in [0, 0.05) is 5.56 Å². The van der Waals surface area contributed by atoms with Gasteiger partial charge in [-0.1, -0.05) is 65.8 Å². The van der Waals surface area contributed by atoms with Crippen LogP contribution in [0.1, 0.15) is 89.8 Å². The van der Waals surface area contributed by atoms with E-state index < -0.39 is 0 Å². The van der Waals surface area contributed by atoms with Crippen molar-refractivity contribution in [3.8, 4) is 16.9 Å². The van der Waals surface area contributed by atoms with Crippen LogP contribution < -0.4 is 4.74 Å². The van der Waals surface area contributed by atoms with Crippen molar-refractivity contribution in [2.24, 2.45) is 0 Å². The molecule has 2 aromatic rings. The zero-order chi connectivity index (χ0) is 19.6. The van der Waals surface area contributed by atoms with E-state index in [1.54, 1.807) is 0 Å². The van der Waals surface area contributed by atoms with Crippen LogP contribution >= 0.6 is 15.9 Å². The first kappa shape index (κ1) is 21.0. The van der Waals surface area contributed by atoms with Crippen LogP contribution in [-0.4, -0.2) is 6.10 Å². The first-order valence-electron chi connectivity index (χ1n) is 9.76. The summed E-state index contributed by atoms with van der Waals surface area (Å²) >= 11 is 3.84. The van der Waals surface area contributed by atoms with Gasteiger partial charge >= 0.3 is 0 Å². The summed E-state index contributed by atoms with van der Waals surface area (Å²) in [5.41, 5.74) is 6.85. The largest absolute Gasteiger partial charge is 0.490 e. The minimum Gasteiger partial charge on any atom is -0.490 e. The molecule has 2 aromatic carbocycles. The Bertz CT molecular complexity index is 728. The van der Waals surface area contributed by atoms with E-state index in [1.807, 2.05) is 6.07 Å². The van der Waals surface area contributed by atoms with Crippen molar-refractivity contribution in [1.82, 2.24) is 0 Å². The molecule has 0 saturated carbocycles. The number of rotatable bonds is 6. The van der Waals surface area contributed by atoms with Crippen molar-refractivity contribution in [2.45, 2.75) is 79.2 Å². The highest BCUT2D eigenvalue weighted by atomic mass is 79.9. The number of ether oxygens (including phenoxy) is 1. The van der Waals surface area contributed by atoms with E-state index in [2.05, 4.69) is 95.6 Å². The van der Waals surface area contributed by atoms with E-state index in [1.165, 1.54) is 27.8 Å². The van der Waals surface area contributed by atoms with Gasteiger partial charge in [0.15, 0.2) is 0 Å². The molecular weight excluding hydrogens is 384 g/mol. The molecule has 0 radical (unpaired) electrons. The average molecular weight is 417 g/mol. The maximum absolute atomic E-state index is 6.02. The van der Waals surface area contributed by atoms with Gasteiger partial charge in [0.05, 0.1) is 10.6 Å². The van der Waals surface area contributed by atoms with Crippen molar-refractivity contribution in [2.75, 3.05) is 0 Å². The highest BCUT2D eigenvalue weighted by Crippen LogP contribution is 2.44. The molecule has 0 unspecified atom stereocenters. The smallest absolute Gasteiger partial charge is 0.134 e. The zero-order valence-corrected chi connectivity index (χ0v) is 19.1. The standard InChI is InChI=1S/C24H33BrO/c1-14(2)18-12-20(15(3)4)23(21(13-18)16(5)6)19-10-9-11-22(24(19)25)26-17(7)8/h9-17H,1-8H3. The Hall–Kier alpha value is -1.28. The first-order valence-corrected chi connectivity index (χ1v) is 10.6. The molecule has 0 saturated heterocycles. The maximum Gasteiger partial charge on any atom is 0.134 e. The Labute approximate surface area is 168 Å². The molecule has 0 spiro atoms. The summed E-state index contributed by atoms with van der Waals surface area (Å²) < 4.78 is 7.07. The van der Waals surface area contributed by atoms with Crippen molar-refractivity contribution >= 4 is 15.9 Å². The van der Waals surface area contributed by atoms with Gasteiger partial charge in [-0.3, -0.25) is 0 Å². The fourth-order valence-corrected chi connectivity index (χ4v) is 3.87. The predicted molar refractivity (Wildman–Crippen MR) is 118 cm³/mol. The van der Waals surface area contributed by atoms with Crippen molar-refractivity contribution < 1.29 is 4.74 Å². The lowest BCUT2D eigenvalue weighted by atomic mass is 9.82. The molecule has 0 atom stereocenters. The molecule has 142 valence electrons. The maximum atomic E-state index is 6.02. The summed E-state index contributed by atoms with van der Waals surface area (Å²) in [6, 6.07) is 11.2. The zero-order valence-electron chi connectivity index (χ0n) is 17.5. The third kappa shape index (κ3) is 4.52. The van der Waals surface area contributed by atoms with E-state index in [0.29, 0.717) is 17.8 Å². The summed E-state index contributed by atoms with van der Waals surface area (Å²) in [5, 5.41) is 0. The summed E-state index contributed by atoms with van der Waals surface area (Å²) in [5.74, 6) is 2.36. The molecule has 0 heterocycles. The topological polar surface area (TPSA) is 9.23 Å². The van der Waals surface area contributed by atoms with Gasteiger partial charge in [0.25, 0.3) is 0 Å². The van der Waals surface area contributed by atoms with E-state index in [0.717, 1.165) is 10.2 Å². The predicted octanol–water partition coefficient (Wildman–Crippen LogP) is 8.27. The Morgan fingerprint density at radius 1 is 0.769 bits per heavy atom. The van der Waals surface area contributed by atoms with E-state index in [9.17, 15) is 0 Å². The summed E-state index contributed by atoms with van der Waals surface area (Å²) in [4.78, 5) is 0. The van der Waals surface area contributed by atoms with Crippen LogP contribution in [0.5, 0.6) is 5.75 Å². The molecule has 2 heteroatoms. The van der Waals surface area contributed by atoms with Crippen LogP contribution in [-0.2, 0) is 0 Å².